The summed E-state index contributed by atoms with van der Waals surface area (Å²) >= 11 is 2.99. The summed E-state index contributed by atoms with van der Waals surface area (Å²) in [6.07, 6.45) is 2.24. The van der Waals surface area contributed by atoms with Crippen LogP contribution in [0.25, 0.3) is 10.6 Å². The molecule has 1 amide bonds. The van der Waals surface area contributed by atoms with Gasteiger partial charge in [0.2, 0.25) is 0 Å². The molecular weight excluding hydrogens is 312 g/mol. The van der Waals surface area contributed by atoms with E-state index in [2.05, 4.69) is 10.5 Å². The first-order valence-corrected chi connectivity index (χ1v) is 8.42. The van der Waals surface area contributed by atoms with Crippen LogP contribution in [-0.4, -0.2) is 40.2 Å². The number of hydrogen-bond acceptors (Lipinski definition) is 6. The number of rotatable bonds is 7. The predicted molar refractivity (Wildman–Crippen MR) is 81.7 cm³/mol. The van der Waals surface area contributed by atoms with Gasteiger partial charge in [0.15, 0.2) is 11.5 Å². The lowest BCUT2D eigenvalue weighted by molar-refractivity contribution is -0.139. The summed E-state index contributed by atoms with van der Waals surface area (Å²) in [6, 6.07) is 4.30. The summed E-state index contributed by atoms with van der Waals surface area (Å²) in [5.74, 6) is -0.461. The minimum absolute atomic E-state index is 0.0776. The smallest absolute Gasteiger partial charge is 0.326 e. The van der Waals surface area contributed by atoms with Crippen LogP contribution in [0.2, 0.25) is 0 Å². The summed E-state index contributed by atoms with van der Waals surface area (Å²) in [6.45, 7) is 0. The van der Waals surface area contributed by atoms with E-state index in [0.29, 0.717) is 17.9 Å². The van der Waals surface area contributed by atoms with Gasteiger partial charge in [-0.15, -0.1) is 11.3 Å². The quantitative estimate of drug-likeness (QED) is 0.811. The minimum Gasteiger partial charge on any atom is -0.480 e. The Balaban J connectivity index is 2.04. The number of thiophene rings is 1. The second-order valence-electron chi connectivity index (χ2n) is 4.20. The van der Waals surface area contributed by atoms with Crippen LogP contribution >= 0.6 is 23.1 Å². The van der Waals surface area contributed by atoms with Crippen molar-refractivity contribution in [3.8, 4) is 10.6 Å². The third-order valence-electron chi connectivity index (χ3n) is 2.72. The van der Waals surface area contributed by atoms with E-state index in [1.807, 2.05) is 23.8 Å². The number of carboxylic acids is 1. The van der Waals surface area contributed by atoms with Gasteiger partial charge in [0.05, 0.1) is 4.88 Å². The summed E-state index contributed by atoms with van der Waals surface area (Å²) in [4.78, 5) is 24.0. The Kier molecular flexibility index (Phi) is 5.40. The minimum atomic E-state index is -1.06. The topological polar surface area (TPSA) is 92.4 Å². The first kappa shape index (κ1) is 15.6. The van der Waals surface area contributed by atoms with E-state index in [1.54, 1.807) is 0 Å². The fourth-order valence-corrected chi connectivity index (χ4v) is 2.79. The molecule has 2 aromatic heterocycles. The average molecular weight is 326 g/mol. The molecule has 0 bridgehead atoms. The third kappa shape index (κ3) is 4.08. The van der Waals surface area contributed by atoms with Gasteiger partial charge in [0.1, 0.15) is 6.04 Å². The van der Waals surface area contributed by atoms with Gasteiger partial charge in [0.25, 0.3) is 5.91 Å². The van der Waals surface area contributed by atoms with Crippen LogP contribution in [0.15, 0.2) is 28.1 Å². The molecule has 2 N–H and O–H groups in total. The van der Waals surface area contributed by atoms with Gasteiger partial charge in [-0.25, -0.2) is 4.79 Å². The van der Waals surface area contributed by atoms with Crippen LogP contribution in [0.1, 0.15) is 16.9 Å². The lowest BCUT2D eigenvalue weighted by atomic mass is 10.2. The molecule has 0 unspecified atom stereocenters. The standard InChI is InChI=1S/C13H14N2O4S2/c1-20-6-4-8(13(17)18)14-12(16)9-7-10(19-15-9)11-3-2-5-21-11/h2-3,5,7-8H,4,6H2,1H3,(H,14,16)(H,17,18)/t8-/m0/s1. The Morgan fingerprint density at radius 1 is 1.57 bits per heavy atom. The lowest BCUT2D eigenvalue weighted by Crippen LogP contribution is -2.41. The Bertz CT molecular complexity index is 609. The maximum absolute atomic E-state index is 12.0. The Hall–Kier alpha value is -1.80. The molecular formula is C13H14N2O4S2. The molecule has 2 rings (SSSR count). The van der Waals surface area contributed by atoms with Crippen molar-refractivity contribution in [1.29, 1.82) is 0 Å². The molecule has 8 heteroatoms. The second-order valence-corrected chi connectivity index (χ2v) is 6.13. The van der Waals surface area contributed by atoms with Gasteiger partial charge in [-0.3, -0.25) is 4.79 Å². The molecule has 0 aliphatic carbocycles. The van der Waals surface area contributed by atoms with Gasteiger partial charge in [0, 0.05) is 6.07 Å². The SMILES string of the molecule is CSCC[C@H](NC(=O)c1cc(-c2cccs2)on1)C(=O)O. The number of amides is 1. The van der Waals surface area contributed by atoms with Crippen molar-refractivity contribution in [1.82, 2.24) is 10.5 Å². The number of carbonyl (C=O) groups excluding carboxylic acids is 1. The highest BCUT2D eigenvalue weighted by Crippen LogP contribution is 2.25. The summed E-state index contributed by atoms with van der Waals surface area (Å²) < 4.78 is 5.10. The highest BCUT2D eigenvalue weighted by molar-refractivity contribution is 7.98. The number of carbonyl (C=O) groups is 2. The normalized spacial score (nSPS) is 12.0. The predicted octanol–water partition coefficient (Wildman–Crippen LogP) is 2.34. The molecule has 6 nitrogen and oxygen atoms in total. The largest absolute Gasteiger partial charge is 0.480 e. The second kappa shape index (κ2) is 7.28. The molecule has 0 aliphatic rings. The van der Waals surface area contributed by atoms with Crippen LogP contribution < -0.4 is 5.32 Å². The van der Waals surface area contributed by atoms with Gasteiger partial charge in [-0.05, 0) is 29.9 Å². The van der Waals surface area contributed by atoms with Crippen LogP contribution in [0.4, 0.5) is 0 Å². The summed E-state index contributed by atoms with van der Waals surface area (Å²) in [5.41, 5.74) is 0.0776. The highest BCUT2D eigenvalue weighted by Gasteiger charge is 2.22. The van der Waals surface area contributed by atoms with Crippen molar-refractivity contribution in [2.75, 3.05) is 12.0 Å². The first-order chi connectivity index (χ1) is 10.1. The van der Waals surface area contributed by atoms with E-state index in [1.165, 1.54) is 29.2 Å². The highest BCUT2D eigenvalue weighted by atomic mass is 32.2. The van der Waals surface area contributed by atoms with E-state index in [9.17, 15) is 9.59 Å². The molecule has 0 aromatic carbocycles. The molecule has 1 atom stereocenters. The number of aromatic nitrogens is 1. The molecule has 0 aliphatic heterocycles. The monoisotopic (exact) mass is 326 g/mol. The number of thioether (sulfide) groups is 1. The van der Waals surface area contributed by atoms with E-state index in [0.717, 1.165) is 4.88 Å². The van der Waals surface area contributed by atoms with Crippen LogP contribution in [-0.2, 0) is 4.79 Å². The molecule has 0 fully saturated rings. The number of hydrogen-bond donors (Lipinski definition) is 2. The van der Waals surface area contributed by atoms with Crippen molar-refractivity contribution in [3.63, 3.8) is 0 Å². The Morgan fingerprint density at radius 3 is 3.00 bits per heavy atom. The zero-order valence-corrected chi connectivity index (χ0v) is 12.9. The molecule has 0 saturated heterocycles. The molecule has 0 spiro atoms. The van der Waals surface area contributed by atoms with E-state index in [-0.39, 0.29) is 5.69 Å². The molecule has 0 saturated carbocycles. The maximum Gasteiger partial charge on any atom is 0.326 e. The number of carboxylic acid groups (broad SMARTS) is 1. The molecule has 21 heavy (non-hydrogen) atoms. The van der Waals surface area contributed by atoms with Gasteiger partial charge >= 0.3 is 5.97 Å². The van der Waals surface area contributed by atoms with Gasteiger partial charge in [-0.1, -0.05) is 11.2 Å². The van der Waals surface area contributed by atoms with Crippen LogP contribution in [0.3, 0.4) is 0 Å². The maximum atomic E-state index is 12.0. The molecule has 112 valence electrons. The summed E-state index contributed by atoms with van der Waals surface area (Å²) in [5, 5.41) is 17.1. The fourth-order valence-electron chi connectivity index (χ4n) is 1.64. The number of nitrogens with zero attached hydrogens (tertiary/aromatic N) is 1. The van der Waals surface area contributed by atoms with Crippen molar-refractivity contribution < 1.29 is 19.2 Å². The third-order valence-corrected chi connectivity index (χ3v) is 4.25. The Labute approximate surface area is 129 Å². The zero-order chi connectivity index (χ0) is 15.2. The lowest BCUT2D eigenvalue weighted by Gasteiger charge is -2.12. The van der Waals surface area contributed by atoms with Crippen LogP contribution in [0, 0.1) is 0 Å². The van der Waals surface area contributed by atoms with Gasteiger partial charge in [-0.2, -0.15) is 11.8 Å². The van der Waals surface area contributed by atoms with Crippen molar-refractivity contribution in [2.24, 2.45) is 0 Å². The fraction of sp³-hybridized carbons (Fsp3) is 0.308. The summed E-state index contributed by atoms with van der Waals surface area (Å²) in [7, 11) is 0. The van der Waals surface area contributed by atoms with E-state index < -0.39 is 17.9 Å². The van der Waals surface area contributed by atoms with Crippen molar-refractivity contribution in [3.05, 3.63) is 29.3 Å². The Morgan fingerprint density at radius 2 is 2.38 bits per heavy atom. The molecule has 0 radical (unpaired) electrons. The molecule has 2 heterocycles. The average Bonchev–Trinajstić information content (AvgIpc) is 3.12. The van der Waals surface area contributed by atoms with Crippen molar-refractivity contribution in [2.45, 2.75) is 12.5 Å². The van der Waals surface area contributed by atoms with Crippen molar-refractivity contribution >= 4 is 35.0 Å². The van der Waals surface area contributed by atoms with E-state index >= 15 is 0 Å². The number of nitrogens with one attached hydrogen (secondary N) is 1. The number of aliphatic carboxylic acids is 1. The van der Waals surface area contributed by atoms with Crippen LogP contribution in [0.5, 0.6) is 0 Å². The zero-order valence-electron chi connectivity index (χ0n) is 11.2. The van der Waals surface area contributed by atoms with Gasteiger partial charge < -0.3 is 14.9 Å². The first-order valence-electron chi connectivity index (χ1n) is 6.15. The molecule has 2 aromatic rings. The van der Waals surface area contributed by atoms with E-state index in [4.69, 9.17) is 9.63 Å².